The van der Waals surface area contributed by atoms with E-state index in [4.69, 9.17) is 9.47 Å². The summed E-state index contributed by atoms with van der Waals surface area (Å²) < 4.78 is 10.7. The number of benzene rings is 2. The van der Waals surface area contributed by atoms with Crippen LogP contribution in [0.5, 0.6) is 11.5 Å². The van der Waals surface area contributed by atoms with Gasteiger partial charge < -0.3 is 24.6 Å². The molecule has 0 radical (unpaired) electrons. The Kier molecular flexibility index (Phi) is 6.05. The first kappa shape index (κ1) is 18.9. The fourth-order valence-electron chi connectivity index (χ4n) is 2.93. The number of nitrogens with zero attached hydrogens (tertiary/aromatic N) is 3. The van der Waals surface area contributed by atoms with Crippen LogP contribution in [-0.2, 0) is 0 Å². The van der Waals surface area contributed by atoms with Gasteiger partial charge in [0.15, 0.2) is 17.3 Å². The van der Waals surface area contributed by atoms with Gasteiger partial charge in [-0.25, -0.2) is 9.97 Å². The summed E-state index contributed by atoms with van der Waals surface area (Å²) in [6.45, 7) is 0.990. The van der Waals surface area contributed by atoms with E-state index < -0.39 is 0 Å². The Morgan fingerprint density at radius 3 is 2.15 bits per heavy atom. The molecule has 0 aliphatic rings. The molecular weight excluding hydrogens is 346 g/mol. The van der Waals surface area contributed by atoms with Gasteiger partial charge in [-0.1, -0.05) is 0 Å². The predicted octanol–water partition coefficient (Wildman–Crippen LogP) is 2.10. The van der Waals surface area contributed by atoms with Gasteiger partial charge in [0.05, 0.1) is 33.0 Å². The van der Waals surface area contributed by atoms with Gasteiger partial charge in [-0.05, 0) is 30.3 Å². The third kappa shape index (κ3) is 4.10. The lowest BCUT2D eigenvalue weighted by molar-refractivity contribution is 0.281. The van der Waals surface area contributed by atoms with Gasteiger partial charge in [0, 0.05) is 42.0 Å². The lowest BCUT2D eigenvalue weighted by Gasteiger charge is -2.23. The molecule has 1 aromatic heterocycles. The molecule has 0 aliphatic heterocycles. The summed E-state index contributed by atoms with van der Waals surface area (Å²) in [5.41, 5.74) is 2.57. The monoisotopic (exact) mass is 369 g/mol. The van der Waals surface area contributed by atoms with Crippen LogP contribution in [0.2, 0.25) is 0 Å². The first-order valence-corrected chi connectivity index (χ1v) is 8.66. The summed E-state index contributed by atoms with van der Waals surface area (Å²) in [4.78, 5) is 11.0. The molecule has 0 spiro atoms. The molecule has 27 heavy (non-hydrogen) atoms. The van der Waals surface area contributed by atoms with E-state index in [2.05, 4.69) is 9.97 Å². The minimum absolute atomic E-state index is 0.0286. The van der Waals surface area contributed by atoms with Crippen LogP contribution in [0.1, 0.15) is 0 Å². The smallest absolute Gasteiger partial charge is 0.162 e. The van der Waals surface area contributed by atoms with Gasteiger partial charge in [-0.2, -0.15) is 0 Å². The van der Waals surface area contributed by atoms with E-state index >= 15 is 0 Å². The van der Waals surface area contributed by atoms with Gasteiger partial charge in [0.25, 0.3) is 0 Å². The Labute approximate surface area is 157 Å². The number of aliphatic hydroxyl groups excluding tert-OH is 2. The molecular formula is C20H23N3O4. The fourth-order valence-corrected chi connectivity index (χ4v) is 2.93. The minimum Gasteiger partial charge on any atom is -0.493 e. The van der Waals surface area contributed by atoms with Crippen LogP contribution in [-0.4, -0.2) is 60.7 Å². The van der Waals surface area contributed by atoms with Crippen molar-refractivity contribution in [2.45, 2.75) is 0 Å². The van der Waals surface area contributed by atoms with Crippen molar-refractivity contribution < 1.29 is 19.7 Å². The highest BCUT2D eigenvalue weighted by Crippen LogP contribution is 2.32. The second kappa shape index (κ2) is 8.66. The minimum atomic E-state index is 0.0286. The molecule has 3 rings (SSSR count). The summed E-state index contributed by atoms with van der Waals surface area (Å²) in [7, 11) is 3.19. The van der Waals surface area contributed by atoms with E-state index in [0.717, 1.165) is 22.2 Å². The maximum absolute atomic E-state index is 9.18. The Bertz CT molecular complexity index is 894. The zero-order valence-corrected chi connectivity index (χ0v) is 15.4. The highest BCUT2D eigenvalue weighted by molar-refractivity contribution is 5.83. The number of aromatic nitrogens is 2. The molecule has 0 bridgehead atoms. The van der Waals surface area contributed by atoms with E-state index in [1.165, 1.54) is 0 Å². The second-order valence-corrected chi connectivity index (χ2v) is 5.94. The molecule has 2 aromatic carbocycles. The van der Waals surface area contributed by atoms with Crippen LogP contribution >= 0.6 is 0 Å². The number of anilines is 1. The molecule has 0 amide bonds. The number of fused-ring (bicyclic) bond motifs is 1. The third-order valence-electron chi connectivity index (χ3n) is 4.32. The first-order valence-electron chi connectivity index (χ1n) is 8.66. The van der Waals surface area contributed by atoms with E-state index in [-0.39, 0.29) is 13.2 Å². The van der Waals surface area contributed by atoms with Gasteiger partial charge in [0.2, 0.25) is 0 Å². The number of hydrogen-bond acceptors (Lipinski definition) is 7. The second-order valence-electron chi connectivity index (χ2n) is 5.94. The lowest BCUT2D eigenvalue weighted by atomic mass is 10.1. The maximum atomic E-state index is 9.18. The van der Waals surface area contributed by atoms with Crippen molar-refractivity contribution in [3.8, 4) is 22.9 Å². The zero-order valence-electron chi connectivity index (χ0n) is 15.4. The van der Waals surface area contributed by atoms with Crippen LogP contribution in [0.3, 0.4) is 0 Å². The molecule has 2 N–H and O–H groups in total. The number of ether oxygens (including phenoxy) is 2. The van der Waals surface area contributed by atoms with Crippen LogP contribution in [0, 0.1) is 0 Å². The normalized spacial score (nSPS) is 10.8. The Hall–Kier alpha value is -2.90. The Balaban J connectivity index is 1.92. The summed E-state index contributed by atoms with van der Waals surface area (Å²) >= 11 is 0. The number of rotatable bonds is 8. The van der Waals surface area contributed by atoms with Gasteiger partial charge in [-0.3, -0.25) is 0 Å². The van der Waals surface area contributed by atoms with Crippen molar-refractivity contribution >= 4 is 16.6 Å². The van der Waals surface area contributed by atoms with Gasteiger partial charge >= 0.3 is 0 Å². The molecule has 0 unspecified atom stereocenters. The van der Waals surface area contributed by atoms with Crippen molar-refractivity contribution in [1.29, 1.82) is 0 Å². The molecule has 1 heterocycles. The van der Waals surface area contributed by atoms with Crippen LogP contribution in [0.25, 0.3) is 22.3 Å². The highest BCUT2D eigenvalue weighted by atomic mass is 16.5. The number of methoxy groups -OCH3 is 2. The first-order chi connectivity index (χ1) is 13.2. The summed E-state index contributed by atoms with van der Waals surface area (Å²) in [6, 6.07) is 11.4. The SMILES string of the molecule is COc1cc2cnc(-c3ccc(N(CCO)CCO)cc3)nc2cc1OC. The molecule has 3 aromatic rings. The molecule has 142 valence electrons. The van der Waals surface area contributed by atoms with Crippen molar-refractivity contribution in [3.05, 3.63) is 42.6 Å². The van der Waals surface area contributed by atoms with Gasteiger partial charge in [0.1, 0.15) is 0 Å². The number of aliphatic hydroxyl groups is 2. The molecule has 0 aliphatic carbocycles. The fraction of sp³-hybridized carbons (Fsp3) is 0.300. The van der Waals surface area contributed by atoms with Crippen LogP contribution < -0.4 is 14.4 Å². The Morgan fingerprint density at radius 1 is 0.926 bits per heavy atom. The topological polar surface area (TPSA) is 87.9 Å². The predicted molar refractivity (Wildman–Crippen MR) is 104 cm³/mol. The lowest BCUT2D eigenvalue weighted by Crippen LogP contribution is -2.29. The number of hydrogen-bond donors (Lipinski definition) is 2. The van der Waals surface area contributed by atoms with Crippen molar-refractivity contribution in [3.63, 3.8) is 0 Å². The summed E-state index contributed by atoms with van der Waals surface area (Å²) in [5.74, 6) is 1.87. The molecule has 7 heteroatoms. The van der Waals surface area contributed by atoms with Crippen molar-refractivity contribution in [2.24, 2.45) is 0 Å². The highest BCUT2D eigenvalue weighted by Gasteiger charge is 2.10. The quantitative estimate of drug-likeness (QED) is 0.629. The zero-order chi connectivity index (χ0) is 19.2. The molecule has 0 saturated carbocycles. The Morgan fingerprint density at radius 2 is 1.56 bits per heavy atom. The van der Waals surface area contributed by atoms with E-state index in [1.54, 1.807) is 20.4 Å². The standard InChI is InChI=1S/C20H23N3O4/c1-26-18-11-15-13-21-20(22-17(15)12-19(18)27-2)14-3-5-16(6-4-14)23(7-9-24)8-10-25/h3-6,11-13,24-25H,7-10H2,1-2H3. The average Bonchev–Trinajstić information content (AvgIpc) is 2.72. The van der Waals surface area contributed by atoms with Gasteiger partial charge in [-0.15, -0.1) is 0 Å². The third-order valence-corrected chi connectivity index (χ3v) is 4.32. The van der Waals surface area contributed by atoms with Crippen molar-refractivity contribution in [1.82, 2.24) is 9.97 Å². The summed E-state index contributed by atoms with van der Waals surface area (Å²) in [6.07, 6.45) is 1.76. The van der Waals surface area contributed by atoms with Crippen LogP contribution in [0.4, 0.5) is 5.69 Å². The molecule has 0 saturated heterocycles. The van der Waals surface area contributed by atoms with E-state index in [0.29, 0.717) is 30.4 Å². The average molecular weight is 369 g/mol. The largest absolute Gasteiger partial charge is 0.493 e. The van der Waals surface area contributed by atoms with Crippen molar-refractivity contribution in [2.75, 3.05) is 45.4 Å². The molecule has 0 atom stereocenters. The van der Waals surface area contributed by atoms with E-state index in [9.17, 15) is 10.2 Å². The molecule has 0 fully saturated rings. The maximum Gasteiger partial charge on any atom is 0.162 e. The molecule has 7 nitrogen and oxygen atoms in total. The summed E-state index contributed by atoms with van der Waals surface area (Å²) in [5, 5.41) is 19.2. The van der Waals surface area contributed by atoms with E-state index in [1.807, 2.05) is 41.3 Å². The van der Waals surface area contributed by atoms with Crippen LogP contribution in [0.15, 0.2) is 42.6 Å².